The Labute approximate surface area is 129 Å². The Morgan fingerprint density at radius 3 is 2.43 bits per heavy atom. The molecule has 1 fully saturated rings. The van der Waals surface area contributed by atoms with Gasteiger partial charge >= 0.3 is 0 Å². The number of nitrogens with zero attached hydrogens (tertiary/aromatic N) is 1. The standard InChI is InChI=1S/C16H32N4O/c1-3-10-19-16(17-4-2)20-12-11-18-15(21)13-14-8-6-5-7-9-14/h14H,3-13H2,1-2H3,(H,18,21)(H2,17,19,20). The third-order valence-corrected chi connectivity index (χ3v) is 3.78. The summed E-state index contributed by atoms with van der Waals surface area (Å²) >= 11 is 0. The molecule has 0 saturated heterocycles. The summed E-state index contributed by atoms with van der Waals surface area (Å²) in [6.45, 7) is 7.20. The molecule has 5 heteroatoms. The van der Waals surface area contributed by atoms with Gasteiger partial charge in [0.05, 0.1) is 0 Å². The highest BCUT2D eigenvalue weighted by atomic mass is 16.1. The van der Waals surface area contributed by atoms with Crippen LogP contribution < -0.4 is 16.0 Å². The van der Waals surface area contributed by atoms with Crippen LogP contribution in [-0.2, 0) is 4.79 Å². The normalized spacial score (nSPS) is 16.6. The summed E-state index contributed by atoms with van der Waals surface area (Å²) < 4.78 is 0. The quantitative estimate of drug-likeness (QED) is 0.365. The van der Waals surface area contributed by atoms with Gasteiger partial charge in [-0.15, -0.1) is 0 Å². The van der Waals surface area contributed by atoms with Crippen molar-refractivity contribution in [3.8, 4) is 0 Å². The van der Waals surface area contributed by atoms with E-state index in [1.54, 1.807) is 0 Å². The number of rotatable bonds is 8. The number of hydrogen-bond donors (Lipinski definition) is 3. The minimum atomic E-state index is 0.194. The van der Waals surface area contributed by atoms with Crippen molar-refractivity contribution in [1.29, 1.82) is 0 Å². The van der Waals surface area contributed by atoms with Crippen molar-refractivity contribution in [1.82, 2.24) is 16.0 Å². The number of carbonyl (C=O) groups is 1. The first-order valence-corrected chi connectivity index (χ1v) is 8.55. The first kappa shape index (κ1) is 17.8. The van der Waals surface area contributed by atoms with Crippen molar-refractivity contribution in [3.05, 3.63) is 0 Å². The number of amides is 1. The lowest BCUT2D eigenvalue weighted by atomic mass is 9.87. The van der Waals surface area contributed by atoms with Crippen molar-refractivity contribution in [2.24, 2.45) is 10.9 Å². The Bertz CT molecular complexity index is 311. The van der Waals surface area contributed by atoms with E-state index in [-0.39, 0.29) is 5.91 Å². The highest BCUT2D eigenvalue weighted by molar-refractivity contribution is 5.80. The monoisotopic (exact) mass is 296 g/mol. The summed E-state index contributed by atoms with van der Waals surface area (Å²) in [6.07, 6.45) is 8.10. The van der Waals surface area contributed by atoms with Gasteiger partial charge in [-0.2, -0.15) is 0 Å². The third-order valence-electron chi connectivity index (χ3n) is 3.78. The van der Waals surface area contributed by atoms with Gasteiger partial charge in [0, 0.05) is 32.6 Å². The van der Waals surface area contributed by atoms with Crippen LogP contribution in [0, 0.1) is 5.92 Å². The highest BCUT2D eigenvalue weighted by Gasteiger charge is 2.16. The summed E-state index contributed by atoms with van der Waals surface area (Å²) in [5, 5.41) is 9.44. The maximum Gasteiger partial charge on any atom is 0.220 e. The lowest BCUT2D eigenvalue weighted by Crippen LogP contribution is -2.41. The second-order valence-electron chi connectivity index (χ2n) is 5.75. The lowest BCUT2D eigenvalue weighted by molar-refractivity contribution is -0.122. The Morgan fingerprint density at radius 2 is 1.76 bits per heavy atom. The van der Waals surface area contributed by atoms with E-state index in [0.717, 1.165) is 25.5 Å². The molecule has 0 aromatic rings. The van der Waals surface area contributed by atoms with Crippen LogP contribution in [0.25, 0.3) is 0 Å². The number of guanidine groups is 1. The molecular formula is C16H32N4O. The maximum absolute atomic E-state index is 11.9. The van der Waals surface area contributed by atoms with Crippen LogP contribution in [-0.4, -0.2) is 38.0 Å². The van der Waals surface area contributed by atoms with Gasteiger partial charge in [0.15, 0.2) is 5.96 Å². The SMILES string of the molecule is CCCN=C(NCC)NCCNC(=O)CC1CCCCC1. The van der Waals surface area contributed by atoms with Gasteiger partial charge < -0.3 is 16.0 Å². The molecule has 3 N–H and O–H groups in total. The Balaban J connectivity index is 2.12. The van der Waals surface area contributed by atoms with Crippen molar-refractivity contribution in [2.45, 2.75) is 58.8 Å². The molecule has 0 unspecified atom stereocenters. The van der Waals surface area contributed by atoms with Gasteiger partial charge in [-0.3, -0.25) is 9.79 Å². The Kier molecular flexibility index (Phi) is 9.66. The molecule has 0 aromatic carbocycles. The average molecular weight is 296 g/mol. The second-order valence-corrected chi connectivity index (χ2v) is 5.75. The van der Waals surface area contributed by atoms with Crippen molar-refractivity contribution in [3.63, 3.8) is 0 Å². The average Bonchev–Trinajstić information content (AvgIpc) is 2.50. The number of nitrogens with one attached hydrogen (secondary N) is 3. The van der Waals surface area contributed by atoms with Crippen LogP contribution in [0.1, 0.15) is 58.8 Å². The number of hydrogen-bond acceptors (Lipinski definition) is 2. The van der Waals surface area contributed by atoms with Crippen molar-refractivity contribution >= 4 is 11.9 Å². The smallest absolute Gasteiger partial charge is 0.220 e. The zero-order valence-electron chi connectivity index (χ0n) is 13.7. The van der Waals surface area contributed by atoms with E-state index in [1.165, 1.54) is 32.1 Å². The summed E-state index contributed by atoms with van der Waals surface area (Å²) in [4.78, 5) is 16.3. The predicted octanol–water partition coefficient (Wildman–Crippen LogP) is 2.04. The molecular weight excluding hydrogens is 264 g/mol. The fourth-order valence-electron chi connectivity index (χ4n) is 2.67. The van der Waals surface area contributed by atoms with Crippen LogP contribution in [0.5, 0.6) is 0 Å². The Morgan fingerprint density at radius 1 is 1.05 bits per heavy atom. The molecule has 0 heterocycles. The van der Waals surface area contributed by atoms with Gasteiger partial charge in [-0.1, -0.05) is 26.2 Å². The fourth-order valence-corrected chi connectivity index (χ4v) is 2.67. The van der Waals surface area contributed by atoms with Gasteiger partial charge in [0.25, 0.3) is 0 Å². The van der Waals surface area contributed by atoms with Crippen LogP contribution >= 0.6 is 0 Å². The molecule has 1 aliphatic rings. The molecule has 21 heavy (non-hydrogen) atoms. The number of carbonyl (C=O) groups excluding carboxylic acids is 1. The molecule has 0 aromatic heterocycles. The minimum Gasteiger partial charge on any atom is -0.357 e. The summed E-state index contributed by atoms with van der Waals surface area (Å²) in [6, 6.07) is 0. The summed E-state index contributed by atoms with van der Waals surface area (Å²) in [7, 11) is 0. The Hall–Kier alpha value is -1.26. The molecule has 1 aliphatic carbocycles. The molecule has 0 aliphatic heterocycles. The second kappa shape index (κ2) is 11.4. The molecule has 1 saturated carbocycles. The van der Waals surface area contributed by atoms with Gasteiger partial charge in [0.1, 0.15) is 0 Å². The summed E-state index contributed by atoms with van der Waals surface area (Å²) in [5.41, 5.74) is 0. The fraction of sp³-hybridized carbons (Fsp3) is 0.875. The van der Waals surface area contributed by atoms with Gasteiger partial charge in [-0.25, -0.2) is 0 Å². The first-order chi connectivity index (χ1) is 10.3. The number of aliphatic imine (C=N–C) groups is 1. The van der Waals surface area contributed by atoms with E-state index in [2.05, 4.69) is 34.8 Å². The zero-order valence-corrected chi connectivity index (χ0v) is 13.7. The van der Waals surface area contributed by atoms with E-state index in [4.69, 9.17) is 0 Å². The largest absolute Gasteiger partial charge is 0.357 e. The lowest BCUT2D eigenvalue weighted by Gasteiger charge is -2.20. The van der Waals surface area contributed by atoms with Gasteiger partial charge in [-0.05, 0) is 32.1 Å². The van der Waals surface area contributed by atoms with Crippen LogP contribution in [0.2, 0.25) is 0 Å². The first-order valence-electron chi connectivity index (χ1n) is 8.55. The molecule has 0 bridgehead atoms. The van der Waals surface area contributed by atoms with Gasteiger partial charge in [0.2, 0.25) is 5.91 Å². The topological polar surface area (TPSA) is 65.5 Å². The van der Waals surface area contributed by atoms with E-state index >= 15 is 0 Å². The van der Waals surface area contributed by atoms with Crippen molar-refractivity contribution < 1.29 is 4.79 Å². The zero-order chi connectivity index (χ0) is 15.3. The maximum atomic E-state index is 11.9. The van der Waals surface area contributed by atoms with E-state index in [0.29, 0.717) is 25.4 Å². The van der Waals surface area contributed by atoms with E-state index < -0.39 is 0 Å². The molecule has 0 spiro atoms. The minimum absolute atomic E-state index is 0.194. The van der Waals surface area contributed by atoms with Crippen LogP contribution in [0.15, 0.2) is 4.99 Å². The van der Waals surface area contributed by atoms with E-state index in [1.807, 2.05) is 0 Å². The highest BCUT2D eigenvalue weighted by Crippen LogP contribution is 2.25. The van der Waals surface area contributed by atoms with Crippen molar-refractivity contribution in [2.75, 3.05) is 26.2 Å². The van der Waals surface area contributed by atoms with E-state index in [9.17, 15) is 4.79 Å². The summed E-state index contributed by atoms with van der Waals surface area (Å²) in [5.74, 6) is 1.63. The molecule has 0 atom stereocenters. The molecule has 1 amide bonds. The predicted molar refractivity (Wildman–Crippen MR) is 88.5 cm³/mol. The molecule has 122 valence electrons. The molecule has 5 nitrogen and oxygen atoms in total. The van der Waals surface area contributed by atoms with Crippen LogP contribution in [0.3, 0.4) is 0 Å². The third kappa shape index (κ3) is 8.58. The molecule has 1 rings (SSSR count). The van der Waals surface area contributed by atoms with Crippen LogP contribution in [0.4, 0.5) is 0 Å². The molecule has 0 radical (unpaired) electrons.